The monoisotopic (exact) mass is 242 g/mol. The Morgan fingerprint density at radius 2 is 2.06 bits per heavy atom. The third-order valence-corrected chi connectivity index (χ3v) is 2.81. The fraction of sp³-hybridized carbons (Fsp3) is 0.400. The van der Waals surface area contributed by atoms with Gasteiger partial charge in [-0.3, -0.25) is 4.79 Å². The molecule has 0 spiro atoms. The summed E-state index contributed by atoms with van der Waals surface area (Å²) in [5.41, 5.74) is 1.00. The third kappa shape index (κ3) is 3.54. The number of hydrogen-bond acceptors (Lipinski definition) is 3. The summed E-state index contributed by atoms with van der Waals surface area (Å²) >= 11 is 1.55. The molecule has 0 aromatic carbocycles. The molecule has 0 aliphatic carbocycles. The highest BCUT2D eigenvalue weighted by molar-refractivity contribution is 7.07. The highest BCUT2D eigenvalue weighted by Gasteiger charge is 2.15. The van der Waals surface area contributed by atoms with E-state index in [1.807, 2.05) is 23.8 Å². The minimum absolute atomic E-state index is 0.132. The van der Waals surface area contributed by atoms with E-state index in [0.717, 1.165) is 5.56 Å². The Kier molecular flexibility index (Phi) is 4.30. The van der Waals surface area contributed by atoms with Crippen molar-refractivity contribution in [2.24, 2.45) is 0 Å². The molecule has 1 heterocycles. The lowest BCUT2D eigenvalue weighted by atomic mass is 10.2. The van der Waals surface area contributed by atoms with Gasteiger partial charge in [0.1, 0.15) is 6.04 Å². The summed E-state index contributed by atoms with van der Waals surface area (Å²) in [6.07, 6.45) is 0. The van der Waals surface area contributed by atoms with Crippen molar-refractivity contribution in [3.63, 3.8) is 0 Å². The summed E-state index contributed by atoms with van der Waals surface area (Å²) in [5.74, 6) is -1.06. The number of urea groups is 1. The molecule has 1 unspecified atom stereocenters. The van der Waals surface area contributed by atoms with E-state index in [0.29, 0.717) is 0 Å². The molecule has 6 heteroatoms. The molecule has 0 aliphatic rings. The maximum Gasteiger partial charge on any atom is 0.325 e. The molecule has 0 aliphatic heterocycles. The molecule has 16 heavy (non-hydrogen) atoms. The third-order valence-electron chi connectivity index (χ3n) is 2.11. The number of amides is 2. The number of carbonyl (C=O) groups excluding carboxylic acids is 1. The van der Waals surface area contributed by atoms with Gasteiger partial charge in [0, 0.05) is 0 Å². The summed E-state index contributed by atoms with van der Waals surface area (Å²) in [6.45, 7) is 3.25. The molecule has 2 amide bonds. The predicted molar refractivity (Wildman–Crippen MR) is 61.5 cm³/mol. The molecule has 1 rings (SSSR count). The zero-order chi connectivity index (χ0) is 12.1. The summed E-state index contributed by atoms with van der Waals surface area (Å²) in [4.78, 5) is 21.9. The minimum Gasteiger partial charge on any atom is -0.480 e. The van der Waals surface area contributed by atoms with Crippen molar-refractivity contribution < 1.29 is 14.7 Å². The average Bonchev–Trinajstić information content (AvgIpc) is 2.69. The van der Waals surface area contributed by atoms with E-state index in [2.05, 4.69) is 10.6 Å². The van der Waals surface area contributed by atoms with Crippen LogP contribution in [-0.4, -0.2) is 23.1 Å². The van der Waals surface area contributed by atoms with Crippen molar-refractivity contribution in [2.45, 2.75) is 25.9 Å². The summed E-state index contributed by atoms with van der Waals surface area (Å²) in [7, 11) is 0. The lowest BCUT2D eigenvalue weighted by molar-refractivity contribution is -0.138. The maximum atomic E-state index is 11.4. The molecule has 1 aromatic heterocycles. The summed E-state index contributed by atoms with van der Waals surface area (Å²) in [5, 5.41) is 17.5. The van der Waals surface area contributed by atoms with E-state index >= 15 is 0 Å². The van der Waals surface area contributed by atoms with E-state index in [4.69, 9.17) is 5.11 Å². The maximum absolute atomic E-state index is 11.4. The predicted octanol–water partition coefficient (Wildman–Crippen LogP) is 1.58. The minimum atomic E-state index is -1.06. The highest BCUT2D eigenvalue weighted by atomic mass is 32.1. The van der Waals surface area contributed by atoms with Crippen LogP contribution in [0.4, 0.5) is 4.79 Å². The van der Waals surface area contributed by atoms with Crippen LogP contribution >= 0.6 is 11.3 Å². The fourth-order valence-corrected chi connectivity index (χ4v) is 1.86. The Balaban J connectivity index is 2.43. The first kappa shape index (κ1) is 12.5. The zero-order valence-electron chi connectivity index (χ0n) is 9.06. The molecule has 5 nitrogen and oxygen atoms in total. The van der Waals surface area contributed by atoms with Crippen LogP contribution in [0.2, 0.25) is 0 Å². The Morgan fingerprint density at radius 3 is 2.56 bits per heavy atom. The quantitative estimate of drug-likeness (QED) is 0.750. The Hall–Kier alpha value is -1.56. The average molecular weight is 242 g/mol. The molecular weight excluding hydrogens is 228 g/mol. The molecule has 0 fully saturated rings. The number of rotatable bonds is 4. The second kappa shape index (κ2) is 5.50. The van der Waals surface area contributed by atoms with E-state index in [1.165, 1.54) is 6.92 Å². The van der Waals surface area contributed by atoms with Gasteiger partial charge < -0.3 is 15.7 Å². The van der Waals surface area contributed by atoms with E-state index < -0.39 is 18.0 Å². The lowest BCUT2D eigenvalue weighted by Crippen LogP contribution is -2.44. The van der Waals surface area contributed by atoms with Crippen LogP contribution in [0.1, 0.15) is 25.5 Å². The first-order valence-corrected chi connectivity index (χ1v) is 5.77. The van der Waals surface area contributed by atoms with Gasteiger partial charge in [-0.05, 0) is 36.2 Å². The Labute approximate surface area is 97.5 Å². The molecule has 0 saturated heterocycles. The SMILES string of the molecule is CC(NC(=O)N[C@H](C)C(=O)O)c1ccsc1. The normalized spacial score (nSPS) is 13.9. The number of hydrogen-bond donors (Lipinski definition) is 3. The molecular formula is C10H14N2O3S. The van der Waals surface area contributed by atoms with Crippen LogP contribution in [0.25, 0.3) is 0 Å². The van der Waals surface area contributed by atoms with Gasteiger partial charge in [-0.15, -0.1) is 0 Å². The summed E-state index contributed by atoms with van der Waals surface area (Å²) in [6, 6.07) is 0.409. The molecule has 1 aromatic rings. The molecule has 3 N–H and O–H groups in total. The zero-order valence-corrected chi connectivity index (χ0v) is 9.88. The van der Waals surface area contributed by atoms with Crippen LogP contribution in [0.5, 0.6) is 0 Å². The molecule has 0 bridgehead atoms. The molecule has 88 valence electrons. The van der Waals surface area contributed by atoms with Crippen molar-refractivity contribution in [1.29, 1.82) is 0 Å². The number of carbonyl (C=O) groups is 2. The molecule has 0 radical (unpaired) electrons. The van der Waals surface area contributed by atoms with E-state index in [9.17, 15) is 9.59 Å². The topological polar surface area (TPSA) is 78.4 Å². The summed E-state index contributed by atoms with van der Waals surface area (Å²) < 4.78 is 0. The first-order valence-electron chi connectivity index (χ1n) is 4.82. The van der Waals surface area contributed by atoms with Gasteiger partial charge in [0.2, 0.25) is 0 Å². The second-order valence-electron chi connectivity index (χ2n) is 3.46. The van der Waals surface area contributed by atoms with Crippen LogP contribution in [0, 0.1) is 0 Å². The van der Waals surface area contributed by atoms with E-state index in [1.54, 1.807) is 11.3 Å². The van der Waals surface area contributed by atoms with Crippen molar-refractivity contribution >= 4 is 23.3 Å². The van der Waals surface area contributed by atoms with Crippen LogP contribution < -0.4 is 10.6 Å². The van der Waals surface area contributed by atoms with Gasteiger partial charge in [-0.1, -0.05) is 0 Å². The number of thiophene rings is 1. The number of nitrogens with one attached hydrogen (secondary N) is 2. The fourth-order valence-electron chi connectivity index (χ4n) is 1.10. The number of carboxylic acids is 1. The van der Waals surface area contributed by atoms with Gasteiger partial charge in [0.15, 0.2) is 0 Å². The Morgan fingerprint density at radius 1 is 1.38 bits per heavy atom. The largest absolute Gasteiger partial charge is 0.480 e. The van der Waals surface area contributed by atoms with Crippen LogP contribution in [0.3, 0.4) is 0 Å². The van der Waals surface area contributed by atoms with Crippen molar-refractivity contribution in [2.75, 3.05) is 0 Å². The van der Waals surface area contributed by atoms with Gasteiger partial charge in [-0.2, -0.15) is 11.3 Å². The van der Waals surface area contributed by atoms with E-state index in [-0.39, 0.29) is 6.04 Å². The van der Waals surface area contributed by atoms with Gasteiger partial charge in [0.25, 0.3) is 0 Å². The van der Waals surface area contributed by atoms with Crippen molar-refractivity contribution in [3.05, 3.63) is 22.4 Å². The lowest BCUT2D eigenvalue weighted by Gasteiger charge is -2.15. The second-order valence-corrected chi connectivity index (χ2v) is 4.24. The van der Waals surface area contributed by atoms with Crippen LogP contribution in [0.15, 0.2) is 16.8 Å². The first-order chi connectivity index (χ1) is 7.50. The van der Waals surface area contributed by atoms with Gasteiger partial charge >= 0.3 is 12.0 Å². The van der Waals surface area contributed by atoms with Crippen molar-refractivity contribution in [1.82, 2.24) is 10.6 Å². The highest BCUT2D eigenvalue weighted by Crippen LogP contribution is 2.15. The molecule has 2 atom stereocenters. The standard InChI is InChI=1S/C10H14N2O3S/c1-6(8-3-4-16-5-8)11-10(15)12-7(2)9(13)14/h3-7H,1-2H3,(H,13,14)(H2,11,12,15)/t6?,7-/m1/s1. The number of carboxylic acid groups (broad SMARTS) is 1. The smallest absolute Gasteiger partial charge is 0.325 e. The number of aliphatic carboxylic acids is 1. The molecule has 0 saturated carbocycles. The van der Waals surface area contributed by atoms with Crippen molar-refractivity contribution in [3.8, 4) is 0 Å². The Bertz CT molecular complexity index is 364. The van der Waals surface area contributed by atoms with Gasteiger partial charge in [0.05, 0.1) is 6.04 Å². The van der Waals surface area contributed by atoms with Gasteiger partial charge in [-0.25, -0.2) is 4.79 Å². The van der Waals surface area contributed by atoms with Crippen LogP contribution in [-0.2, 0) is 4.79 Å².